The summed E-state index contributed by atoms with van der Waals surface area (Å²) in [6, 6.07) is 10.5. The molecule has 0 aliphatic carbocycles. The van der Waals surface area contributed by atoms with Gasteiger partial charge in [0.1, 0.15) is 0 Å². The second-order valence-corrected chi connectivity index (χ2v) is 7.90. The predicted octanol–water partition coefficient (Wildman–Crippen LogP) is 4.60. The van der Waals surface area contributed by atoms with Gasteiger partial charge in [-0.3, -0.25) is 4.90 Å². The van der Waals surface area contributed by atoms with Crippen LogP contribution in [0.3, 0.4) is 0 Å². The molecule has 0 N–H and O–H groups in total. The van der Waals surface area contributed by atoms with E-state index in [9.17, 15) is 0 Å². The molecule has 0 spiro atoms. The largest absolute Gasteiger partial charge is 0.459 e. The maximum absolute atomic E-state index is 5.81. The Morgan fingerprint density at radius 2 is 2.12 bits per heavy atom. The van der Waals surface area contributed by atoms with Crippen LogP contribution in [0.5, 0.6) is 0 Å². The molecule has 0 fully saturated rings. The van der Waals surface area contributed by atoms with Gasteiger partial charge in [-0.2, -0.15) is 0 Å². The van der Waals surface area contributed by atoms with Gasteiger partial charge in [0.2, 0.25) is 5.89 Å². The Hall–Kier alpha value is -2.22. The van der Waals surface area contributed by atoms with Gasteiger partial charge >= 0.3 is 0 Å². The monoisotopic (exact) mass is 369 g/mol. The van der Waals surface area contributed by atoms with Crippen molar-refractivity contribution >= 4 is 22.7 Å². The molecule has 1 aliphatic heterocycles. The normalized spacial score (nSPS) is 17.7. The van der Waals surface area contributed by atoms with E-state index in [1.54, 1.807) is 17.6 Å². The Kier molecular flexibility index (Phi) is 3.77. The molecule has 0 saturated heterocycles. The van der Waals surface area contributed by atoms with Crippen molar-refractivity contribution in [2.45, 2.75) is 19.0 Å². The first-order valence-corrected chi connectivity index (χ1v) is 9.84. The second kappa shape index (κ2) is 6.25. The molecule has 5 nitrogen and oxygen atoms in total. The van der Waals surface area contributed by atoms with Crippen LogP contribution in [0.25, 0.3) is 11.7 Å². The molecule has 5 rings (SSSR count). The Morgan fingerprint density at radius 1 is 1.12 bits per heavy atom. The van der Waals surface area contributed by atoms with Crippen molar-refractivity contribution in [3.63, 3.8) is 0 Å². The molecule has 126 valence electrons. The van der Waals surface area contributed by atoms with Crippen LogP contribution in [0.2, 0.25) is 0 Å². The summed E-state index contributed by atoms with van der Waals surface area (Å²) in [5.74, 6) is 1.65. The number of hydrogen-bond acceptors (Lipinski definition) is 7. The summed E-state index contributed by atoms with van der Waals surface area (Å²) in [5.41, 5.74) is 1.41. The number of thiophene rings is 2. The van der Waals surface area contributed by atoms with Gasteiger partial charge in [0, 0.05) is 16.3 Å². The highest BCUT2D eigenvalue weighted by Gasteiger charge is 2.31. The molecule has 7 heteroatoms. The fourth-order valence-corrected chi connectivity index (χ4v) is 5.09. The van der Waals surface area contributed by atoms with E-state index < -0.39 is 0 Å². The Bertz CT molecular complexity index is 956. The molecule has 4 aromatic rings. The van der Waals surface area contributed by atoms with E-state index in [1.807, 2.05) is 23.5 Å². The Labute approximate surface area is 152 Å². The molecular formula is C18H15N3O2S2. The fraction of sp³-hybridized carbons (Fsp3) is 0.222. The summed E-state index contributed by atoms with van der Waals surface area (Å²) < 4.78 is 11.1. The SMILES string of the molecule is c1coc(-c2nnc(CN3CCc4sccc4[C@@H]3c3cccs3)o2)c1. The van der Waals surface area contributed by atoms with Gasteiger partial charge in [0.25, 0.3) is 5.89 Å². The molecule has 4 aromatic heterocycles. The van der Waals surface area contributed by atoms with Crippen LogP contribution >= 0.6 is 22.7 Å². The summed E-state index contributed by atoms with van der Waals surface area (Å²) in [5, 5.41) is 12.7. The molecule has 0 radical (unpaired) electrons. The minimum absolute atomic E-state index is 0.258. The minimum atomic E-state index is 0.258. The number of aromatic nitrogens is 2. The van der Waals surface area contributed by atoms with Crippen molar-refractivity contribution in [3.8, 4) is 11.7 Å². The second-order valence-electron chi connectivity index (χ2n) is 5.92. The van der Waals surface area contributed by atoms with Crippen molar-refractivity contribution in [2.75, 3.05) is 6.54 Å². The average Bonchev–Trinajstić information content (AvgIpc) is 3.39. The summed E-state index contributed by atoms with van der Waals surface area (Å²) >= 11 is 3.65. The van der Waals surface area contributed by atoms with Crippen LogP contribution < -0.4 is 0 Å². The Morgan fingerprint density at radius 3 is 2.96 bits per heavy atom. The van der Waals surface area contributed by atoms with Crippen molar-refractivity contribution < 1.29 is 8.83 Å². The lowest BCUT2D eigenvalue weighted by Crippen LogP contribution is -2.34. The highest BCUT2D eigenvalue weighted by Crippen LogP contribution is 2.40. The zero-order valence-electron chi connectivity index (χ0n) is 13.3. The highest BCUT2D eigenvalue weighted by molar-refractivity contribution is 7.10. The lowest BCUT2D eigenvalue weighted by Gasteiger charge is -2.34. The van der Waals surface area contributed by atoms with Crippen molar-refractivity contribution in [3.05, 3.63) is 68.6 Å². The zero-order valence-corrected chi connectivity index (χ0v) is 14.9. The van der Waals surface area contributed by atoms with Crippen LogP contribution in [0.1, 0.15) is 27.3 Å². The standard InChI is InChI=1S/C18H15N3O2S2/c1-3-13(22-8-1)18-20-19-16(23-18)11-21-7-5-14-12(6-10-25-14)17(21)15-4-2-9-24-15/h1-4,6,8-10,17H,5,7,11H2/t17-/m1/s1. The third kappa shape index (κ3) is 2.74. The molecular weight excluding hydrogens is 354 g/mol. The highest BCUT2D eigenvalue weighted by atomic mass is 32.1. The number of hydrogen-bond donors (Lipinski definition) is 0. The fourth-order valence-electron chi connectivity index (χ4n) is 3.31. The quantitative estimate of drug-likeness (QED) is 0.526. The summed E-state index contributed by atoms with van der Waals surface area (Å²) in [7, 11) is 0. The lowest BCUT2D eigenvalue weighted by molar-refractivity contribution is 0.189. The maximum Gasteiger partial charge on any atom is 0.283 e. The van der Waals surface area contributed by atoms with E-state index in [0.29, 0.717) is 24.1 Å². The number of nitrogens with zero attached hydrogens (tertiary/aromatic N) is 3. The van der Waals surface area contributed by atoms with E-state index in [0.717, 1.165) is 13.0 Å². The summed E-state index contributed by atoms with van der Waals surface area (Å²) in [6.07, 6.45) is 2.67. The van der Waals surface area contributed by atoms with Gasteiger partial charge < -0.3 is 8.83 Å². The first kappa shape index (κ1) is 15.1. The minimum Gasteiger partial charge on any atom is -0.459 e. The molecule has 1 aliphatic rings. The maximum atomic E-state index is 5.81. The van der Waals surface area contributed by atoms with Crippen molar-refractivity contribution in [1.82, 2.24) is 15.1 Å². The molecule has 1 atom stereocenters. The van der Waals surface area contributed by atoms with Gasteiger partial charge in [-0.05, 0) is 47.0 Å². The van der Waals surface area contributed by atoms with E-state index in [4.69, 9.17) is 8.83 Å². The average molecular weight is 369 g/mol. The molecule has 0 unspecified atom stereocenters. The van der Waals surface area contributed by atoms with Crippen LogP contribution in [-0.2, 0) is 13.0 Å². The molecule has 0 aromatic carbocycles. The number of rotatable bonds is 4. The van der Waals surface area contributed by atoms with Gasteiger partial charge in [-0.1, -0.05) is 6.07 Å². The Balaban J connectivity index is 1.45. The first-order valence-electron chi connectivity index (χ1n) is 8.08. The summed E-state index contributed by atoms with van der Waals surface area (Å²) in [6.45, 7) is 1.61. The number of furan rings is 1. The lowest BCUT2D eigenvalue weighted by atomic mass is 9.98. The topological polar surface area (TPSA) is 55.3 Å². The van der Waals surface area contributed by atoms with Gasteiger partial charge in [0.15, 0.2) is 5.76 Å². The van der Waals surface area contributed by atoms with E-state index in [-0.39, 0.29) is 6.04 Å². The van der Waals surface area contributed by atoms with Crippen LogP contribution in [0.4, 0.5) is 0 Å². The van der Waals surface area contributed by atoms with E-state index in [1.165, 1.54) is 15.3 Å². The number of fused-ring (bicyclic) bond motifs is 1. The van der Waals surface area contributed by atoms with Gasteiger partial charge in [0.05, 0.1) is 18.8 Å². The van der Waals surface area contributed by atoms with Crippen LogP contribution in [-0.4, -0.2) is 21.6 Å². The summed E-state index contributed by atoms with van der Waals surface area (Å²) in [4.78, 5) is 5.25. The third-order valence-electron chi connectivity index (χ3n) is 4.42. The molecule has 0 amide bonds. The zero-order chi connectivity index (χ0) is 16.6. The molecule has 0 bridgehead atoms. The van der Waals surface area contributed by atoms with Crippen LogP contribution in [0.15, 0.2) is 56.2 Å². The van der Waals surface area contributed by atoms with Gasteiger partial charge in [-0.25, -0.2) is 0 Å². The third-order valence-corrected chi connectivity index (χ3v) is 6.34. The molecule has 25 heavy (non-hydrogen) atoms. The predicted molar refractivity (Wildman–Crippen MR) is 96.6 cm³/mol. The smallest absolute Gasteiger partial charge is 0.283 e. The molecule has 5 heterocycles. The van der Waals surface area contributed by atoms with Crippen LogP contribution in [0, 0.1) is 0 Å². The van der Waals surface area contributed by atoms with E-state index in [2.05, 4.69) is 44.1 Å². The first-order chi connectivity index (χ1) is 12.4. The van der Waals surface area contributed by atoms with Crippen molar-refractivity contribution in [2.24, 2.45) is 0 Å². The van der Waals surface area contributed by atoms with E-state index >= 15 is 0 Å². The van der Waals surface area contributed by atoms with Crippen molar-refractivity contribution in [1.29, 1.82) is 0 Å². The molecule has 0 saturated carbocycles. The van der Waals surface area contributed by atoms with Gasteiger partial charge in [-0.15, -0.1) is 32.9 Å².